The molecule has 0 unspecified atom stereocenters. The minimum absolute atomic E-state index is 0.0976. The summed E-state index contributed by atoms with van der Waals surface area (Å²) in [6.07, 6.45) is 0.854. The van der Waals surface area contributed by atoms with E-state index in [1.807, 2.05) is 0 Å². The van der Waals surface area contributed by atoms with Gasteiger partial charge >= 0.3 is 6.09 Å². The summed E-state index contributed by atoms with van der Waals surface area (Å²) in [5, 5.41) is 0.550. The summed E-state index contributed by atoms with van der Waals surface area (Å²) in [4.78, 5) is 17.8. The predicted molar refractivity (Wildman–Crippen MR) is 114 cm³/mol. The number of hydrogen-bond donors (Lipinski definition) is 0. The number of rotatable bonds is 4. The third-order valence-electron chi connectivity index (χ3n) is 4.13. The maximum atomic E-state index is 13.6. The van der Waals surface area contributed by atoms with Crippen LogP contribution in [0.5, 0.6) is 0 Å². The summed E-state index contributed by atoms with van der Waals surface area (Å²) in [6.45, 7) is 5.38. The van der Waals surface area contributed by atoms with Crippen molar-refractivity contribution >= 4 is 43.1 Å². The average Bonchev–Trinajstić information content (AvgIpc) is 2.98. The van der Waals surface area contributed by atoms with Crippen LogP contribution >= 0.6 is 15.9 Å². The molecule has 0 radical (unpaired) electrons. The van der Waals surface area contributed by atoms with Crippen molar-refractivity contribution in [2.45, 2.75) is 37.8 Å². The minimum atomic E-state index is -4.11. The molecule has 0 saturated carbocycles. The van der Waals surface area contributed by atoms with Crippen LogP contribution in [-0.2, 0) is 21.3 Å². The first-order chi connectivity index (χ1) is 13.9. The fourth-order valence-electron chi connectivity index (χ4n) is 2.83. The Morgan fingerprint density at radius 2 is 1.97 bits per heavy atom. The number of hydrogen-bond acceptors (Lipinski definition) is 5. The topological polar surface area (TPSA) is 81.5 Å². The summed E-state index contributed by atoms with van der Waals surface area (Å²) >= 11 is 3.25. The zero-order chi connectivity index (χ0) is 22.3. The Balaban J connectivity index is 2.08. The molecule has 10 heteroatoms. The van der Waals surface area contributed by atoms with Gasteiger partial charge in [0.15, 0.2) is 5.65 Å². The molecule has 0 fully saturated rings. The molecule has 1 amide bonds. The number of ether oxygens (including phenoxy) is 1. The van der Waals surface area contributed by atoms with Crippen LogP contribution in [-0.4, -0.2) is 41.0 Å². The van der Waals surface area contributed by atoms with Gasteiger partial charge in [0.05, 0.1) is 11.4 Å². The van der Waals surface area contributed by atoms with Gasteiger partial charge in [0, 0.05) is 24.2 Å². The third kappa shape index (κ3) is 4.65. The summed E-state index contributed by atoms with van der Waals surface area (Å²) in [7, 11) is -2.55. The smallest absolute Gasteiger partial charge is 0.410 e. The highest BCUT2D eigenvalue weighted by Gasteiger charge is 2.25. The van der Waals surface area contributed by atoms with Crippen molar-refractivity contribution in [1.82, 2.24) is 13.9 Å². The van der Waals surface area contributed by atoms with Gasteiger partial charge in [0.1, 0.15) is 16.0 Å². The van der Waals surface area contributed by atoms with E-state index in [0.29, 0.717) is 15.6 Å². The summed E-state index contributed by atoms with van der Waals surface area (Å²) < 4.78 is 46.8. The molecule has 7 nitrogen and oxygen atoms in total. The zero-order valence-corrected chi connectivity index (χ0v) is 19.3. The van der Waals surface area contributed by atoms with E-state index in [2.05, 4.69) is 20.9 Å². The lowest BCUT2D eigenvalue weighted by molar-refractivity contribution is 0.0286. The number of pyridine rings is 1. The Hall–Kier alpha value is -2.46. The Morgan fingerprint density at radius 3 is 2.60 bits per heavy atom. The standard InChI is InChI=1S/C20H21BrFN3O4S/c1-20(2,3)29-19(26)24(4)11-13-12-25(18-16(13)8-9-17(21)23-18)30(27,28)15-7-5-6-14(22)10-15/h5-10,12H,11H2,1-4H3. The predicted octanol–water partition coefficient (Wildman–Crippen LogP) is 4.54. The number of nitrogens with zero attached hydrogens (tertiary/aromatic N) is 3. The van der Waals surface area contributed by atoms with Gasteiger partial charge in [-0.3, -0.25) is 0 Å². The highest BCUT2D eigenvalue weighted by Crippen LogP contribution is 2.27. The average molecular weight is 498 g/mol. The minimum Gasteiger partial charge on any atom is -0.444 e. The summed E-state index contributed by atoms with van der Waals surface area (Å²) in [5.74, 6) is -0.661. The van der Waals surface area contributed by atoms with Crippen LogP contribution in [0.15, 0.2) is 52.1 Å². The molecule has 2 aromatic heterocycles. The number of amides is 1. The second kappa shape index (κ2) is 7.99. The Bertz CT molecular complexity index is 1220. The quantitative estimate of drug-likeness (QED) is 0.494. The van der Waals surface area contributed by atoms with Crippen LogP contribution in [0.25, 0.3) is 11.0 Å². The fraction of sp³-hybridized carbons (Fsp3) is 0.300. The lowest BCUT2D eigenvalue weighted by Crippen LogP contribution is -2.33. The van der Waals surface area contributed by atoms with Gasteiger partial charge < -0.3 is 9.64 Å². The number of benzene rings is 1. The van der Waals surface area contributed by atoms with E-state index < -0.39 is 27.5 Å². The van der Waals surface area contributed by atoms with Crippen molar-refractivity contribution in [1.29, 1.82) is 0 Å². The SMILES string of the molecule is CN(Cc1cn(S(=O)(=O)c2cccc(F)c2)c2nc(Br)ccc12)C(=O)OC(C)(C)C. The molecule has 30 heavy (non-hydrogen) atoms. The normalized spacial score (nSPS) is 12.2. The number of aromatic nitrogens is 2. The first-order valence-electron chi connectivity index (χ1n) is 9.00. The van der Waals surface area contributed by atoms with Crippen LogP contribution in [0.3, 0.4) is 0 Å². The highest BCUT2D eigenvalue weighted by molar-refractivity contribution is 9.10. The number of carbonyl (C=O) groups excluding carboxylic acids is 1. The molecule has 0 bridgehead atoms. The van der Waals surface area contributed by atoms with E-state index in [9.17, 15) is 17.6 Å². The van der Waals surface area contributed by atoms with Gasteiger partial charge in [-0.2, -0.15) is 0 Å². The van der Waals surface area contributed by atoms with Gasteiger partial charge in [0.2, 0.25) is 0 Å². The van der Waals surface area contributed by atoms with Crippen molar-refractivity contribution in [2.24, 2.45) is 0 Å². The monoisotopic (exact) mass is 497 g/mol. The molecule has 0 saturated heterocycles. The van der Waals surface area contributed by atoms with Crippen molar-refractivity contribution in [3.8, 4) is 0 Å². The molecule has 3 rings (SSSR count). The Labute approximate surface area is 182 Å². The number of carbonyl (C=O) groups is 1. The third-order valence-corrected chi connectivity index (χ3v) is 6.22. The molecule has 1 aromatic carbocycles. The molecule has 0 N–H and O–H groups in total. The van der Waals surface area contributed by atoms with Crippen molar-refractivity contribution in [2.75, 3.05) is 7.05 Å². The molecule has 0 aliphatic heterocycles. The van der Waals surface area contributed by atoms with Crippen molar-refractivity contribution in [3.63, 3.8) is 0 Å². The van der Waals surface area contributed by atoms with Crippen LogP contribution in [0.4, 0.5) is 9.18 Å². The molecule has 0 atom stereocenters. The second-order valence-corrected chi connectivity index (χ2v) is 10.4. The molecule has 0 aliphatic rings. The van der Waals surface area contributed by atoms with Crippen molar-refractivity contribution in [3.05, 3.63) is 58.6 Å². The van der Waals surface area contributed by atoms with E-state index in [0.717, 1.165) is 10.0 Å². The van der Waals surface area contributed by atoms with Crippen molar-refractivity contribution < 1.29 is 22.3 Å². The van der Waals surface area contributed by atoms with Gasteiger partial charge in [-0.25, -0.2) is 26.6 Å². The molecule has 160 valence electrons. The Kier molecular flexibility index (Phi) is 5.92. The lowest BCUT2D eigenvalue weighted by Gasteiger charge is -2.24. The summed E-state index contributed by atoms with van der Waals surface area (Å²) in [6, 6.07) is 8.15. The van der Waals surface area contributed by atoms with Crippen LogP contribution in [0.1, 0.15) is 26.3 Å². The van der Waals surface area contributed by atoms with E-state index in [-0.39, 0.29) is 17.1 Å². The van der Waals surface area contributed by atoms with Gasteiger partial charge in [-0.1, -0.05) is 6.07 Å². The Morgan fingerprint density at radius 1 is 1.27 bits per heavy atom. The first kappa shape index (κ1) is 22.2. The van der Waals surface area contributed by atoms with Crippen LogP contribution < -0.4 is 0 Å². The van der Waals surface area contributed by atoms with E-state index >= 15 is 0 Å². The lowest BCUT2D eigenvalue weighted by atomic mass is 10.2. The molecule has 0 aliphatic carbocycles. The molecular weight excluding hydrogens is 477 g/mol. The maximum absolute atomic E-state index is 13.6. The molecule has 2 heterocycles. The van der Waals surface area contributed by atoms with E-state index in [4.69, 9.17) is 4.74 Å². The van der Waals surface area contributed by atoms with Gasteiger partial charge in [0.25, 0.3) is 10.0 Å². The number of halogens is 2. The first-order valence-corrected chi connectivity index (χ1v) is 11.2. The fourth-order valence-corrected chi connectivity index (χ4v) is 4.50. The molecule has 0 spiro atoms. The van der Waals surface area contributed by atoms with E-state index in [1.54, 1.807) is 40.0 Å². The molecule has 3 aromatic rings. The largest absolute Gasteiger partial charge is 0.444 e. The van der Waals surface area contributed by atoms with Gasteiger partial charge in [-0.15, -0.1) is 0 Å². The van der Waals surface area contributed by atoms with Crippen LogP contribution in [0.2, 0.25) is 0 Å². The maximum Gasteiger partial charge on any atom is 0.410 e. The van der Waals surface area contributed by atoms with Crippen LogP contribution in [0, 0.1) is 5.82 Å². The highest BCUT2D eigenvalue weighted by atomic mass is 79.9. The van der Waals surface area contributed by atoms with E-state index in [1.165, 1.54) is 29.3 Å². The number of fused-ring (bicyclic) bond motifs is 1. The summed E-state index contributed by atoms with van der Waals surface area (Å²) in [5.41, 5.74) is 0.0616. The second-order valence-electron chi connectivity index (χ2n) is 7.75. The van der Waals surface area contributed by atoms with Gasteiger partial charge in [-0.05, 0) is 67.0 Å². The zero-order valence-electron chi connectivity index (χ0n) is 16.9. The molecular formula is C20H21BrFN3O4S.